The summed E-state index contributed by atoms with van der Waals surface area (Å²) in [5.74, 6) is 3.50. The van der Waals surface area contributed by atoms with E-state index in [1.165, 1.54) is 5.56 Å². The fourth-order valence-corrected chi connectivity index (χ4v) is 3.79. The molecule has 27 heavy (non-hydrogen) atoms. The van der Waals surface area contributed by atoms with E-state index in [9.17, 15) is 0 Å². The maximum Gasteiger partial charge on any atom is 0.173 e. The molecule has 2 aromatic rings. The van der Waals surface area contributed by atoms with Crippen molar-refractivity contribution < 1.29 is 4.74 Å². The molecule has 144 valence electrons. The van der Waals surface area contributed by atoms with Crippen LogP contribution in [0.15, 0.2) is 29.4 Å². The Bertz CT molecular complexity index is 816. The number of hydrogen-bond acceptors (Lipinski definition) is 4. The third kappa shape index (κ3) is 4.42. The number of ether oxygens (including phenoxy) is 1. The summed E-state index contributed by atoms with van der Waals surface area (Å²) >= 11 is 0. The lowest BCUT2D eigenvalue weighted by molar-refractivity contribution is 0.211. The lowest BCUT2D eigenvalue weighted by Crippen LogP contribution is -2.19. The number of aromatic nitrogens is 3. The van der Waals surface area contributed by atoms with Gasteiger partial charge in [0.2, 0.25) is 0 Å². The Labute approximate surface area is 160 Å². The van der Waals surface area contributed by atoms with Crippen LogP contribution in [0.4, 0.5) is 0 Å². The first kappa shape index (κ1) is 19.2. The maximum absolute atomic E-state index is 8.60. The third-order valence-electron chi connectivity index (χ3n) is 5.42. The van der Waals surface area contributed by atoms with Gasteiger partial charge in [0.1, 0.15) is 11.6 Å². The van der Waals surface area contributed by atoms with Gasteiger partial charge in [0.15, 0.2) is 11.9 Å². The molecule has 1 saturated carbocycles. The summed E-state index contributed by atoms with van der Waals surface area (Å²) in [5.41, 5.74) is 9.86. The first-order valence-electron chi connectivity index (χ1n) is 9.69. The highest BCUT2D eigenvalue weighted by atomic mass is 16.5. The standard InChI is InChI=1S/C20H28N6O/c1-13(2)16-6-5-7-18(12-16)27-14(3)19-23-24-20(26(19)4)15-8-10-17(11-9-15)22-25-21/h5-7,12-15,17H,8-11H2,1-4H3/t14-,15-,17-/m1/s1. The number of hydrogen-bond donors (Lipinski definition) is 0. The van der Waals surface area contributed by atoms with Gasteiger partial charge >= 0.3 is 0 Å². The van der Waals surface area contributed by atoms with Gasteiger partial charge in [-0.1, -0.05) is 31.1 Å². The molecule has 1 aliphatic rings. The van der Waals surface area contributed by atoms with Gasteiger partial charge in [0.25, 0.3) is 0 Å². The Balaban J connectivity index is 1.69. The fourth-order valence-electron chi connectivity index (χ4n) is 3.79. The molecule has 0 saturated heterocycles. The minimum Gasteiger partial charge on any atom is -0.483 e. The predicted octanol–water partition coefficient (Wildman–Crippen LogP) is 5.42. The van der Waals surface area contributed by atoms with Gasteiger partial charge < -0.3 is 9.30 Å². The molecule has 1 aromatic carbocycles. The number of rotatable bonds is 6. The maximum atomic E-state index is 8.60. The van der Waals surface area contributed by atoms with Crippen LogP contribution in [0.1, 0.15) is 81.6 Å². The zero-order valence-electron chi connectivity index (χ0n) is 16.5. The normalized spacial score (nSPS) is 20.9. The average Bonchev–Trinajstić information content (AvgIpc) is 3.04. The van der Waals surface area contributed by atoms with Crippen molar-refractivity contribution >= 4 is 0 Å². The Morgan fingerprint density at radius 2 is 1.93 bits per heavy atom. The van der Waals surface area contributed by atoms with E-state index in [4.69, 9.17) is 10.3 Å². The second kappa shape index (κ2) is 8.44. The summed E-state index contributed by atoms with van der Waals surface area (Å²) in [6, 6.07) is 8.35. The van der Waals surface area contributed by atoms with Crippen molar-refractivity contribution in [3.05, 3.63) is 51.9 Å². The summed E-state index contributed by atoms with van der Waals surface area (Å²) in [7, 11) is 2.01. The molecule has 0 aliphatic heterocycles. The van der Waals surface area contributed by atoms with E-state index >= 15 is 0 Å². The van der Waals surface area contributed by atoms with Crippen molar-refractivity contribution in [2.45, 2.75) is 70.4 Å². The largest absolute Gasteiger partial charge is 0.483 e. The van der Waals surface area contributed by atoms with Crippen molar-refractivity contribution in [2.75, 3.05) is 0 Å². The number of nitrogens with zero attached hydrogens (tertiary/aromatic N) is 6. The quantitative estimate of drug-likeness (QED) is 0.387. The minimum atomic E-state index is -0.182. The van der Waals surface area contributed by atoms with Gasteiger partial charge in [-0.25, -0.2) is 0 Å². The monoisotopic (exact) mass is 368 g/mol. The fraction of sp³-hybridized carbons (Fsp3) is 0.600. The third-order valence-corrected chi connectivity index (χ3v) is 5.42. The van der Waals surface area contributed by atoms with Crippen LogP contribution in [0.5, 0.6) is 5.75 Å². The number of benzene rings is 1. The number of azide groups is 1. The summed E-state index contributed by atoms with van der Waals surface area (Å²) in [6.45, 7) is 6.36. The van der Waals surface area contributed by atoms with Crippen molar-refractivity contribution in [1.29, 1.82) is 0 Å². The van der Waals surface area contributed by atoms with E-state index in [2.05, 4.69) is 50.8 Å². The molecular weight excluding hydrogens is 340 g/mol. The molecule has 0 N–H and O–H groups in total. The zero-order valence-corrected chi connectivity index (χ0v) is 16.5. The highest BCUT2D eigenvalue weighted by Gasteiger charge is 2.27. The van der Waals surface area contributed by atoms with Crippen LogP contribution in [-0.2, 0) is 7.05 Å². The molecule has 0 spiro atoms. The van der Waals surface area contributed by atoms with E-state index in [0.29, 0.717) is 11.8 Å². The second-order valence-corrected chi connectivity index (χ2v) is 7.67. The minimum absolute atomic E-state index is 0.120. The molecule has 1 aromatic heterocycles. The Hall–Kier alpha value is -2.53. The molecule has 0 amide bonds. The first-order valence-corrected chi connectivity index (χ1v) is 9.69. The molecule has 1 fully saturated rings. The first-order chi connectivity index (χ1) is 13.0. The van der Waals surface area contributed by atoms with Crippen LogP contribution in [-0.4, -0.2) is 20.8 Å². The Kier molecular flexibility index (Phi) is 6.01. The van der Waals surface area contributed by atoms with Gasteiger partial charge in [-0.15, -0.1) is 10.2 Å². The lowest BCUT2D eigenvalue weighted by atomic mass is 9.86. The van der Waals surface area contributed by atoms with Crippen LogP contribution < -0.4 is 4.74 Å². The summed E-state index contributed by atoms with van der Waals surface area (Å²) in [5, 5.41) is 12.7. The van der Waals surface area contributed by atoms with Crippen LogP contribution in [0.2, 0.25) is 0 Å². The van der Waals surface area contributed by atoms with E-state index in [-0.39, 0.29) is 12.1 Å². The summed E-state index contributed by atoms with van der Waals surface area (Å²) in [4.78, 5) is 2.93. The van der Waals surface area contributed by atoms with Crippen LogP contribution in [0.25, 0.3) is 10.4 Å². The van der Waals surface area contributed by atoms with Crippen LogP contribution in [0.3, 0.4) is 0 Å². The molecule has 1 heterocycles. The van der Waals surface area contributed by atoms with E-state index < -0.39 is 0 Å². The van der Waals surface area contributed by atoms with E-state index in [1.54, 1.807) is 0 Å². The van der Waals surface area contributed by atoms with Gasteiger partial charge in [-0.2, -0.15) is 0 Å². The van der Waals surface area contributed by atoms with E-state index in [1.807, 2.05) is 26.1 Å². The van der Waals surface area contributed by atoms with Gasteiger partial charge in [-0.3, -0.25) is 0 Å². The molecule has 0 radical (unpaired) electrons. The average molecular weight is 368 g/mol. The molecule has 0 unspecified atom stereocenters. The Morgan fingerprint density at radius 3 is 2.59 bits per heavy atom. The van der Waals surface area contributed by atoms with Gasteiger partial charge in [-0.05, 0) is 61.8 Å². The Morgan fingerprint density at radius 1 is 1.19 bits per heavy atom. The lowest BCUT2D eigenvalue weighted by Gasteiger charge is -2.25. The van der Waals surface area contributed by atoms with E-state index in [0.717, 1.165) is 43.1 Å². The smallest absolute Gasteiger partial charge is 0.173 e. The summed E-state index contributed by atoms with van der Waals surface area (Å²) < 4.78 is 8.21. The SMILES string of the molecule is CC(C)c1cccc(O[C@H](C)c2nnc([C@H]3CC[C@H](N=[N+]=[N-])CC3)n2C)c1. The van der Waals surface area contributed by atoms with Crippen molar-refractivity contribution in [3.8, 4) is 5.75 Å². The highest BCUT2D eigenvalue weighted by Crippen LogP contribution is 2.34. The van der Waals surface area contributed by atoms with Crippen molar-refractivity contribution in [3.63, 3.8) is 0 Å². The molecular formula is C20H28N6O. The topological polar surface area (TPSA) is 88.7 Å². The molecule has 1 atom stereocenters. The van der Waals surface area contributed by atoms with Gasteiger partial charge in [0.05, 0.1) is 0 Å². The zero-order chi connectivity index (χ0) is 19.4. The molecule has 0 bridgehead atoms. The second-order valence-electron chi connectivity index (χ2n) is 7.67. The van der Waals surface area contributed by atoms with Crippen LogP contribution in [0, 0.1) is 0 Å². The molecule has 1 aliphatic carbocycles. The highest BCUT2D eigenvalue weighted by molar-refractivity contribution is 5.30. The van der Waals surface area contributed by atoms with Gasteiger partial charge in [0, 0.05) is 23.9 Å². The molecule has 7 heteroatoms. The van der Waals surface area contributed by atoms with Crippen molar-refractivity contribution in [2.24, 2.45) is 12.2 Å². The van der Waals surface area contributed by atoms with Crippen LogP contribution >= 0.6 is 0 Å². The predicted molar refractivity (Wildman–Crippen MR) is 105 cm³/mol. The summed E-state index contributed by atoms with van der Waals surface area (Å²) in [6.07, 6.45) is 3.58. The molecule has 7 nitrogen and oxygen atoms in total. The van der Waals surface area contributed by atoms with Crippen molar-refractivity contribution in [1.82, 2.24) is 14.8 Å². The molecule has 3 rings (SSSR count).